The summed E-state index contributed by atoms with van der Waals surface area (Å²) in [5.41, 5.74) is 3.39. The van der Waals surface area contributed by atoms with Gasteiger partial charge < -0.3 is 30.3 Å². The van der Waals surface area contributed by atoms with E-state index in [1.807, 2.05) is 42.6 Å². The van der Waals surface area contributed by atoms with Gasteiger partial charge in [-0.05, 0) is 44.5 Å². The van der Waals surface area contributed by atoms with E-state index < -0.39 is 29.1 Å². The maximum absolute atomic E-state index is 13.1. The highest BCUT2D eigenvalue weighted by Gasteiger charge is 2.59. The third kappa shape index (κ3) is 4.50. The molecule has 1 aromatic carbocycles. The van der Waals surface area contributed by atoms with Crippen LogP contribution in [0.25, 0.3) is 10.2 Å². The van der Waals surface area contributed by atoms with E-state index in [-0.39, 0.29) is 0 Å². The van der Waals surface area contributed by atoms with Crippen LogP contribution in [0.5, 0.6) is 0 Å². The number of carboxylic acids is 1. The summed E-state index contributed by atoms with van der Waals surface area (Å²) in [6, 6.07) is 3.67. The Balaban J connectivity index is 1.68. The van der Waals surface area contributed by atoms with Gasteiger partial charge in [-0.2, -0.15) is 0 Å². The van der Waals surface area contributed by atoms with Gasteiger partial charge in [0.25, 0.3) is 0 Å². The fourth-order valence-corrected chi connectivity index (χ4v) is 6.76. The lowest BCUT2D eigenvalue weighted by Gasteiger charge is -2.53. The molecule has 0 saturated carbocycles. The van der Waals surface area contributed by atoms with Gasteiger partial charge >= 0.3 is 12.0 Å². The quantitative estimate of drug-likeness (QED) is 0.421. The number of aromatic nitrogens is 1. The number of urea groups is 1. The van der Waals surface area contributed by atoms with Gasteiger partial charge in [-0.3, -0.25) is 10.1 Å². The number of thiazole rings is 1. The van der Waals surface area contributed by atoms with Crippen LogP contribution in [0.15, 0.2) is 34.9 Å². The molecule has 12 heteroatoms. The number of fused-ring (bicyclic) bond motifs is 1. The summed E-state index contributed by atoms with van der Waals surface area (Å²) in [6.07, 6.45) is 6.16. The van der Waals surface area contributed by atoms with Crippen LogP contribution in [0.2, 0.25) is 0 Å². The number of carbonyl (C=O) groups is 2. The number of carboxylic acid groups (broad SMARTS) is 1. The molecule has 204 valence electrons. The Kier molecular flexibility index (Phi) is 7.55. The molecule has 3 aliphatic rings. The minimum absolute atomic E-state index is 0.378. The minimum atomic E-state index is -1.39. The molecule has 38 heavy (non-hydrogen) atoms. The number of morpholine rings is 1. The topological polar surface area (TPSA) is 131 Å². The molecule has 4 heterocycles. The van der Waals surface area contributed by atoms with E-state index in [0.29, 0.717) is 45.7 Å². The van der Waals surface area contributed by atoms with Gasteiger partial charge in [0.2, 0.25) is 5.79 Å². The smallest absolute Gasteiger partial charge is 0.318 e. The molecule has 0 aliphatic carbocycles. The molecule has 0 spiro atoms. The number of anilines is 2. The van der Waals surface area contributed by atoms with Crippen LogP contribution >= 0.6 is 11.3 Å². The molecule has 2 saturated heterocycles. The average Bonchev–Trinajstić information content (AvgIpc) is 3.42. The van der Waals surface area contributed by atoms with E-state index in [4.69, 9.17) is 9.73 Å². The first-order chi connectivity index (χ1) is 18.4. The van der Waals surface area contributed by atoms with Crippen molar-refractivity contribution in [2.24, 2.45) is 16.3 Å². The fraction of sp³-hybridized carbons (Fsp3) is 0.538. The highest BCUT2D eigenvalue weighted by molar-refractivity contribution is 7.17. The predicted octanol–water partition coefficient (Wildman–Crippen LogP) is 2.60. The highest BCUT2D eigenvalue weighted by Crippen LogP contribution is 2.48. The molecule has 3 unspecified atom stereocenters. The molecule has 0 radical (unpaired) electrons. The standard InChI is InChI=1S/C26H35N7O4S/c1-3-25(23(34)35)6-8-27-16-21(25)26(31-24(36)28-4-2)30-7-5-9-33(26)18-14-19-22(38-17-29-19)20(15-18)32-10-12-37-13-11-32/h5,7,9,14-15,17,21,27H,3-4,6,8,10-13,16H2,1-2H3,(H,34,35)(H2,28,31,36). The summed E-state index contributed by atoms with van der Waals surface area (Å²) in [7, 11) is 0. The van der Waals surface area contributed by atoms with Crippen molar-refractivity contribution in [3.05, 3.63) is 29.9 Å². The molecular weight excluding hydrogens is 506 g/mol. The number of hydrogen-bond donors (Lipinski definition) is 4. The molecule has 3 atom stereocenters. The number of amides is 2. The van der Waals surface area contributed by atoms with Gasteiger partial charge in [0.05, 0.1) is 46.0 Å². The molecule has 5 rings (SSSR count). The zero-order valence-corrected chi connectivity index (χ0v) is 22.6. The van der Waals surface area contributed by atoms with Gasteiger partial charge in [0.1, 0.15) is 0 Å². The monoisotopic (exact) mass is 541 g/mol. The van der Waals surface area contributed by atoms with Crippen LogP contribution in [-0.4, -0.2) is 80.0 Å². The van der Waals surface area contributed by atoms with Crippen molar-refractivity contribution in [1.29, 1.82) is 0 Å². The van der Waals surface area contributed by atoms with Crippen molar-refractivity contribution in [2.45, 2.75) is 32.5 Å². The molecule has 2 fully saturated rings. The van der Waals surface area contributed by atoms with Crippen LogP contribution in [0.4, 0.5) is 16.2 Å². The van der Waals surface area contributed by atoms with Crippen molar-refractivity contribution < 1.29 is 19.4 Å². The molecule has 3 aliphatic heterocycles. The lowest BCUT2D eigenvalue weighted by atomic mass is 9.65. The molecule has 0 bridgehead atoms. The fourth-order valence-electron chi connectivity index (χ4n) is 5.95. The lowest BCUT2D eigenvalue weighted by Crippen LogP contribution is -2.71. The molecule has 1 aromatic heterocycles. The minimum Gasteiger partial charge on any atom is -0.481 e. The Hall–Kier alpha value is -3.22. The predicted molar refractivity (Wildman–Crippen MR) is 149 cm³/mol. The van der Waals surface area contributed by atoms with E-state index in [1.54, 1.807) is 17.6 Å². The van der Waals surface area contributed by atoms with Crippen LogP contribution in [0, 0.1) is 11.3 Å². The van der Waals surface area contributed by atoms with Gasteiger partial charge in [0.15, 0.2) is 0 Å². The Bertz CT molecular complexity index is 1240. The number of nitrogens with one attached hydrogen (secondary N) is 3. The Morgan fingerprint density at radius 2 is 2.11 bits per heavy atom. The van der Waals surface area contributed by atoms with Crippen molar-refractivity contribution in [3.8, 4) is 0 Å². The van der Waals surface area contributed by atoms with Crippen LogP contribution in [0.3, 0.4) is 0 Å². The second-order valence-electron chi connectivity index (χ2n) is 9.79. The van der Waals surface area contributed by atoms with Gasteiger partial charge in [-0.25, -0.2) is 14.8 Å². The summed E-state index contributed by atoms with van der Waals surface area (Å²) in [6.45, 7) is 7.94. The number of ether oxygens (including phenoxy) is 1. The summed E-state index contributed by atoms with van der Waals surface area (Å²) in [5.74, 6) is -2.84. The van der Waals surface area contributed by atoms with E-state index in [0.717, 1.165) is 34.7 Å². The number of aliphatic carboxylic acids is 1. The number of nitrogens with zero attached hydrogens (tertiary/aromatic N) is 4. The van der Waals surface area contributed by atoms with E-state index >= 15 is 0 Å². The second kappa shape index (κ2) is 10.9. The number of carbonyl (C=O) groups excluding carboxylic acids is 1. The summed E-state index contributed by atoms with van der Waals surface area (Å²) in [5, 5.41) is 19.9. The third-order valence-electron chi connectivity index (χ3n) is 7.93. The number of aliphatic imine (C=N–C) groups is 1. The largest absolute Gasteiger partial charge is 0.481 e. The molecule has 11 nitrogen and oxygen atoms in total. The number of benzene rings is 1. The zero-order valence-electron chi connectivity index (χ0n) is 21.8. The van der Waals surface area contributed by atoms with Crippen LogP contribution in [-0.2, 0) is 9.53 Å². The maximum Gasteiger partial charge on any atom is 0.318 e. The van der Waals surface area contributed by atoms with E-state index in [1.165, 1.54) is 0 Å². The first-order valence-electron chi connectivity index (χ1n) is 13.2. The maximum atomic E-state index is 13.1. The number of hydrogen-bond acceptors (Lipinski definition) is 9. The van der Waals surface area contributed by atoms with Gasteiger partial charge in [-0.15, -0.1) is 11.3 Å². The number of piperidine rings is 1. The summed E-state index contributed by atoms with van der Waals surface area (Å²) >= 11 is 1.59. The Morgan fingerprint density at radius 3 is 2.84 bits per heavy atom. The highest BCUT2D eigenvalue weighted by atomic mass is 32.1. The molecule has 2 amide bonds. The summed E-state index contributed by atoms with van der Waals surface area (Å²) < 4.78 is 6.67. The zero-order chi connectivity index (χ0) is 26.8. The second-order valence-corrected chi connectivity index (χ2v) is 10.6. The van der Waals surface area contributed by atoms with Gasteiger partial charge in [0, 0.05) is 44.3 Å². The SMILES string of the molecule is CCNC(=O)NC1(C2CNCCC2(CC)C(=O)O)N=CC=CN1c1cc(N2CCOCC2)c2scnc2c1. The number of allylic oxidation sites excluding steroid dienone is 1. The van der Waals surface area contributed by atoms with Crippen molar-refractivity contribution in [3.63, 3.8) is 0 Å². The normalized spacial score (nSPS) is 27.5. The third-order valence-corrected chi connectivity index (χ3v) is 8.79. The molecular formula is C26H35N7O4S. The van der Waals surface area contributed by atoms with Crippen LogP contribution < -0.4 is 25.8 Å². The molecule has 2 aromatic rings. The van der Waals surface area contributed by atoms with Crippen molar-refractivity contribution >= 4 is 51.1 Å². The summed E-state index contributed by atoms with van der Waals surface area (Å²) in [4.78, 5) is 39.7. The van der Waals surface area contributed by atoms with Crippen LogP contribution in [0.1, 0.15) is 26.7 Å². The van der Waals surface area contributed by atoms with Gasteiger partial charge in [-0.1, -0.05) is 6.92 Å². The van der Waals surface area contributed by atoms with E-state index in [9.17, 15) is 14.7 Å². The first-order valence-corrected chi connectivity index (χ1v) is 14.0. The Labute approximate surface area is 225 Å². The lowest BCUT2D eigenvalue weighted by molar-refractivity contribution is -0.158. The van der Waals surface area contributed by atoms with Crippen molar-refractivity contribution in [2.75, 3.05) is 55.7 Å². The average molecular weight is 542 g/mol. The molecule has 4 N–H and O–H groups in total. The Morgan fingerprint density at radius 1 is 1.29 bits per heavy atom. The van der Waals surface area contributed by atoms with Crippen molar-refractivity contribution in [1.82, 2.24) is 20.9 Å². The van der Waals surface area contributed by atoms with E-state index in [2.05, 4.69) is 31.9 Å². The first kappa shape index (κ1) is 26.4. The number of rotatable bonds is 7.